The molecule has 0 aliphatic carbocycles. The molecule has 138 valence electrons. The van der Waals surface area contributed by atoms with E-state index in [-0.39, 0.29) is 16.9 Å². The van der Waals surface area contributed by atoms with E-state index in [9.17, 15) is 19.5 Å². The van der Waals surface area contributed by atoms with E-state index >= 15 is 0 Å². The van der Waals surface area contributed by atoms with Gasteiger partial charge in [0.05, 0.1) is 13.1 Å². The highest BCUT2D eigenvalue weighted by atomic mass is 16.5. The summed E-state index contributed by atoms with van der Waals surface area (Å²) in [6.45, 7) is 1.69. The standard InChI is InChI=1S/C18H15N3O6/c1-10-3-4-11(17(23)24)9-14(10)19-16(22)15-18(25)27-20-21(15)12-5-7-13(26-2)8-6-12/h3-9H,1-2H3,(H2-,19,20,22,23,24,25). The molecule has 0 unspecified atom stereocenters. The molecule has 0 fully saturated rings. The molecule has 0 aliphatic heterocycles. The van der Waals surface area contributed by atoms with Gasteiger partial charge in [-0.25, -0.2) is 4.79 Å². The van der Waals surface area contributed by atoms with Crippen molar-refractivity contribution in [1.82, 2.24) is 5.27 Å². The lowest BCUT2D eigenvalue weighted by Gasteiger charge is -2.09. The summed E-state index contributed by atoms with van der Waals surface area (Å²) in [7, 11) is 1.52. The number of aryl methyl sites for hydroxylation is 1. The summed E-state index contributed by atoms with van der Waals surface area (Å²) in [5, 5.41) is 15.9. The van der Waals surface area contributed by atoms with Crippen LogP contribution in [0.1, 0.15) is 26.4 Å². The van der Waals surface area contributed by atoms with Crippen molar-refractivity contribution in [2.24, 2.45) is 0 Å². The lowest BCUT2D eigenvalue weighted by Crippen LogP contribution is -2.42. The van der Waals surface area contributed by atoms with Gasteiger partial charge in [-0.15, -0.1) is 0 Å². The fourth-order valence-electron chi connectivity index (χ4n) is 2.44. The highest BCUT2D eigenvalue weighted by molar-refractivity contribution is 6.02. The molecule has 0 radical (unpaired) electrons. The molecule has 2 aromatic carbocycles. The number of aromatic nitrogens is 2. The van der Waals surface area contributed by atoms with Gasteiger partial charge in [-0.05, 0) is 46.2 Å². The minimum Gasteiger partial charge on any atom is -0.545 e. The summed E-state index contributed by atoms with van der Waals surface area (Å²) < 4.78 is 11.0. The van der Waals surface area contributed by atoms with E-state index in [2.05, 4.69) is 10.6 Å². The van der Waals surface area contributed by atoms with Crippen LogP contribution in [-0.2, 0) is 0 Å². The number of carboxylic acid groups (broad SMARTS) is 1. The lowest BCUT2D eigenvalue weighted by atomic mass is 10.1. The molecule has 3 aromatic rings. The second-order valence-corrected chi connectivity index (χ2v) is 5.63. The average Bonchev–Trinajstić information content (AvgIpc) is 3.05. The van der Waals surface area contributed by atoms with Crippen molar-refractivity contribution in [3.8, 4) is 11.4 Å². The number of aromatic carboxylic acids is 1. The van der Waals surface area contributed by atoms with Crippen molar-refractivity contribution in [2.45, 2.75) is 6.92 Å². The van der Waals surface area contributed by atoms with Crippen LogP contribution in [0.5, 0.6) is 5.75 Å². The Labute approximate surface area is 152 Å². The molecule has 0 saturated heterocycles. The van der Waals surface area contributed by atoms with Gasteiger partial charge in [-0.3, -0.25) is 9.32 Å². The molecule has 1 heterocycles. The maximum absolute atomic E-state index is 12.6. The van der Waals surface area contributed by atoms with Gasteiger partial charge in [-0.2, -0.15) is 0 Å². The van der Waals surface area contributed by atoms with E-state index in [1.165, 1.54) is 30.0 Å². The first-order valence-corrected chi connectivity index (χ1v) is 7.82. The number of benzene rings is 2. The molecule has 0 atom stereocenters. The van der Waals surface area contributed by atoms with Gasteiger partial charge in [0.15, 0.2) is 0 Å². The Morgan fingerprint density at radius 1 is 1.19 bits per heavy atom. The van der Waals surface area contributed by atoms with E-state index in [0.29, 0.717) is 17.0 Å². The quantitative estimate of drug-likeness (QED) is 0.617. The Morgan fingerprint density at radius 3 is 2.52 bits per heavy atom. The summed E-state index contributed by atoms with van der Waals surface area (Å²) in [5.74, 6) is -1.54. The molecule has 1 aromatic heterocycles. The third-order valence-electron chi connectivity index (χ3n) is 3.91. The van der Waals surface area contributed by atoms with Crippen LogP contribution in [0.15, 0.2) is 51.8 Å². The fourth-order valence-corrected chi connectivity index (χ4v) is 2.44. The number of aromatic amines is 1. The number of hydrogen-bond acceptors (Lipinski definition) is 6. The summed E-state index contributed by atoms with van der Waals surface area (Å²) in [4.78, 5) is 35.7. The van der Waals surface area contributed by atoms with Crippen molar-refractivity contribution >= 4 is 17.6 Å². The number of nitrogens with zero attached hydrogens (tertiary/aromatic N) is 1. The van der Waals surface area contributed by atoms with Gasteiger partial charge >= 0.3 is 17.2 Å². The Kier molecular flexibility index (Phi) is 4.75. The van der Waals surface area contributed by atoms with Crippen molar-refractivity contribution in [3.05, 3.63) is 69.7 Å². The van der Waals surface area contributed by atoms with Crippen LogP contribution in [0.2, 0.25) is 0 Å². The lowest BCUT2D eigenvalue weighted by molar-refractivity contribution is -0.672. The molecular weight excluding hydrogens is 354 g/mol. The molecule has 1 amide bonds. The summed E-state index contributed by atoms with van der Waals surface area (Å²) in [5.41, 5.74) is 0.0374. The Balaban J connectivity index is 1.96. The van der Waals surface area contributed by atoms with Crippen molar-refractivity contribution in [3.63, 3.8) is 0 Å². The van der Waals surface area contributed by atoms with E-state index in [1.807, 2.05) is 0 Å². The number of hydrogen-bond donors (Lipinski definition) is 2. The van der Waals surface area contributed by atoms with Gasteiger partial charge in [-0.1, -0.05) is 12.1 Å². The van der Waals surface area contributed by atoms with Crippen LogP contribution in [0.25, 0.3) is 5.69 Å². The van der Waals surface area contributed by atoms with E-state index in [4.69, 9.17) is 9.26 Å². The minimum atomic E-state index is -1.38. The van der Waals surface area contributed by atoms with Crippen LogP contribution >= 0.6 is 0 Å². The smallest absolute Gasteiger partial charge is 0.441 e. The summed E-state index contributed by atoms with van der Waals surface area (Å²) in [6, 6.07) is 10.7. The van der Waals surface area contributed by atoms with Crippen molar-refractivity contribution in [1.29, 1.82) is 0 Å². The first kappa shape index (κ1) is 17.9. The van der Waals surface area contributed by atoms with E-state index in [0.717, 1.165) is 0 Å². The zero-order valence-electron chi connectivity index (χ0n) is 14.4. The van der Waals surface area contributed by atoms with Crippen molar-refractivity contribution < 1.29 is 28.6 Å². The molecule has 3 rings (SSSR count). The predicted molar refractivity (Wildman–Crippen MR) is 90.9 cm³/mol. The molecule has 27 heavy (non-hydrogen) atoms. The second kappa shape index (κ2) is 7.16. The van der Waals surface area contributed by atoms with Crippen LogP contribution in [0.3, 0.4) is 0 Å². The highest BCUT2D eigenvalue weighted by Gasteiger charge is 2.31. The number of carbonyl (C=O) groups excluding carboxylic acids is 2. The third-order valence-corrected chi connectivity index (χ3v) is 3.91. The van der Waals surface area contributed by atoms with Crippen molar-refractivity contribution in [2.75, 3.05) is 12.4 Å². The normalized spacial score (nSPS) is 10.4. The summed E-state index contributed by atoms with van der Waals surface area (Å²) >= 11 is 0. The van der Waals surface area contributed by atoms with Crippen LogP contribution in [0.4, 0.5) is 5.69 Å². The molecular formula is C18H15N3O6. The first-order chi connectivity index (χ1) is 12.9. The van der Waals surface area contributed by atoms with Gasteiger partial charge in [0.2, 0.25) is 5.69 Å². The van der Waals surface area contributed by atoms with Crippen LogP contribution in [-0.4, -0.2) is 24.3 Å². The highest BCUT2D eigenvalue weighted by Crippen LogP contribution is 2.17. The number of anilines is 1. The van der Waals surface area contributed by atoms with E-state index in [1.54, 1.807) is 31.2 Å². The maximum atomic E-state index is 12.6. The molecule has 0 spiro atoms. The predicted octanol–water partition coefficient (Wildman–Crippen LogP) is 0.177. The average molecular weight is 369 g/mol. The minimum absolute atomic E-state index is 0.0972. The van der Waals surface area contributed by atoms with Gasteiger partial charge in [0.1, 0.15) is 5.75 Å². The monoisotopic (exact) mass is 369 g/mol. The zero-order valence-corrected chi connectivity index (χ0v) is 14.4. The molecule has 9 nitrogen and oxygen atoms in total. The fraction of sp³-hybridized carbons (Fsp3) is 0.111. The largest absolute Gasteiger partial charge is 0.545 e. The number of carboxylic acids is 1. The first-order valence-electron chi connectivity index (χ1n) is 7.82. The Morgan fingerprint density at radius 2 is 1.89 bits per heavy atom. The number of nitrogens with one attached hydrogen (secondary N) is 2. The van der Waals surface area contributed by atoms with Gasteiger partial charge < -0.3 is 20.0 Å². The molecule has 2 N–H and O–H groups in total. The number of ether oxygens (including phenoxy) is 1. The second-order valence-electron chi connectivity index (χ2n) is 5.63. The molecule has 9 heteroatoms. The number of rotatable bonds is 5. The number of H-pyrrole nitrogens is 1. The molecule has 0 saturated carbocycles. The SMILES string of the molecule is COc1ccc(-[n+]2[nH]oc(=O)c2C(=O)Nc2cc(C(=O)[O-])ccc2C)cc1. The third kappa shape index (κ3) is 3.56. The Bertz CT molecular complexity index is 1070. The van der Waals surface area contributed by atoms with E-state index < -0.39 is 17.5 Å². The maximum Gasteiger partial charge on any atom is 0.441 e. The van der Waals surface area contributed by atoms with Gasteiger partial charge in [0, 0.05) is 17.8 Å². The number of amides is 1. The van der Waals surface area contributed by atoms with Crippen LogP contribution < -0.4 is 25.5 Å². The number of methoxy groups -OCH3 is 1. The number of carbonyl (C=O) groups is 2. The topological polar surface area (TPSA) is 128 Å². The summed E-state index contributed by atoms with van der Waals surface area (Å²) in [6.07, 6.45) is 0. The van der Waals surface area contributed by atoms with Crippen LogP contribution in [0, 0.1) is 6.92 Å². The molecule has 0 aliphatic rings. The molecule has 0 bridgehead atoms. The zero-order chi connectivity index (χ0) is 19.6. The Hall–Kier alpha value is -3.88. The van der Waals surface area contributed by atoms with Gasteiger partial charge in [0.25, 0.3) is 0 Å².